The maximum Gasteiger partial charge on any atom is 0.315 e. The molecule has 1 atom stereocenters. The third-order valence-electron chi connectivity index (χ3n) is 3.46. The Morgan fingerprint density at radius 3 is 2.32 bits per heavy atom. The van der Waals surface area contributed by atoms with Crippen LogP contribution in [0.2, 0.25) is 0 Å². The predicted octanol–water partition coefficient (Wildman–Crippen LogP) is 2.46. The Labute approximate surface area is 119 Å². The molecule has 19 heavy (non-hydrogen) atoms. The molecule has 1 unspecified atom stereocenters. The maximum atomic E-state index is 11.7. The van der Waals surface area contributed by atoms with Crippen molar-refractivity contribution >= 4 is 23.8 Å². The highest BCUT2D eigenvalue weighted by Crippen LogP contribution is 2.29. The molecular weight excluding hydrogens is 264 g/mol. The van der Waals surface area contributed by atoms with Crippen LogP contribution in [0.15, 0.2) is 0 Å². The van der Waals surface area contributed by atoms with Gasteiger partial charge in [-0.25, -0.2) is 4.79 Å². The highest BCUT2D eigenvalue weighted by Gasteiger charge is 2.25. The number of carboxylic acids is 1. The molecule has 2 amide bonds. The van der Waals surface area contributed by atoms with Gasteiger partial charge in [-0.3, -0.25) is 4.79 Å². The minimum Gasteiger partial charge on any atom is -0.481 e. The summed E-state index contributed by atoms with van der Waals surface area (Å²) in [5.41, 5.74) is 0. The number of thioether (sulfide) groups is 1. The molecule has 0 aliphatic rings. The molecule has 112 valence electrons. The zero-order valence-corrected chi connectivity index (χ0v) is 13.1. The Morgan fingerprint density at radius 2 is 1.89 bits per heavy atom. The molecular formula is C13H26N2O3S. The molecule has 0 aliphatic heterocycles. The van der Waals surface area contributed by atoms with Crippen molar-refractivity contribution in [1.29, 1.82) is 0 Å². The Bertz CT molecular complexity index is 285. The van der Waals surface area contributed by atoms with E-state index in [1.165, 1.54) is 0 Å². The van der Waals surface area contributed by atoms with Gasteiger partial charge in [0, 0.05) is 23.8 Å². The number of carboxylic acid groups (broad SMARTS) is 1. The second kappa shape index (κ2) is 9.07. The molecule has 0 heterocycles. The van der Waals surface area contributed by atoms with E-state index >= 15 is 0 Å². The van der Waals surface area contributed by atoms with Crippen LogP contribution in [0.3, 0.4) is 0 Å². The van der Waals surface area contributed by atoms with Crippen LogP contribution in [0.25, 0.3) is 0 Å². The molecule has 3 N–H and O–H groups in total. The molecule has 0 saturated carbocycles. The fourth-order valence-corrected chi connectivity index (χ4v) is 2.58. The lowest BCUT2D eigenvalue weighted by Gasteiger charge is -2.30. The molecule has 0 saturated heterocycles. The standard InChI is InChI=1S/C13H26N2O3S/c1-5-13(6-2,19-4)9-14-12(18)15-10(3)7-8-11(16)17/h10H,5-9H2,1-4H3,(H,16,17)(H2,14,15,18). The first-order valence-corrected chi connectivity index (χ1v) is 7.93. The van der Waals surface area contributed by atoms with Gasteiger partial charge in [0.15, 0.2) is 0 Å². The van der Waals surface area contributed by atoms with Crippen LogP contribution in [0.4, 0.5) is 4.79 Å². The first kappa shape index (κ1) is 18.1. The second-order valence-electron chi connectivity index (χ2n) is 4.75. The number of nitrogens with one attached hydrogen (secondary N) is 2. The van der Waals surface area contributed by atoms with Crippen LogP contribution in [0.5, 0.6) is 0 Å². The zero-order valence-electron chi connectivity index (χ0n) is 12.3. The average molecular weight is 290 g/mol. The quantitative estimate of drug-likeness (QED) is 0.609. The summed E-state index contributed by atoms with van der Waals surface area (Å²) in [5.74, 6) is -0.840. The van der Waals surface area contributed by atoms with Gasteiger partial charge >= 0.3 is 12.0 Å². The molecule has 6 heteroatoms. The van der Waals surface area contributed by atoms with Gasteiger partial charge in [-0.15, -0.1) is 0 Å². The normalized spacial score (nSPS) is 12.8. The van der Waals surface area contributed by atoms with Crippen LogP contribution in [-0.4, -0.2) is 40.7 Å². The van der Waals surface area contributed by atoms with Gasteiger partial charge in [0.1, 0.15) is 0 Å². The van der Waals surface area contributed by atoms with Crippen LogP contribution < -0.4 is 10.6 Å². The van der Waals surface area contributed by atoms with Crippen molar-refractivity contribution in [3.8, 4) is 0 Å². The van der Waals surface area contributed by atoms with Gasteiger partial charge in [0.05, 0.1) is 0 Å². The van der Waals surface area contributed by atoms with E-state index < -0.39 is 5.97 Å². The summed E-state index contributed by atoms with van der Waals surface area (Å²) in [7, 11) is 0. The highest BCUT2D eigenvalue weighted by molar-refractivity contribution is 8.00. The number of urea groups is 1. The molecule has 0 aromatic rings. The lowest BCUT2D eigenvalue weighted by Crippen LogP contribution is -2.46. The number of hydrogen-bond acceptors (Lipinski definition) is 3. The van der Waals surface area contributed by atoms with Crippen molar-refractivity contribution in [3.63, 3.8) is 0 Å². The zero-order chi connectivity index (χ0) is 14.9. The minimum absolute atomic E-state index is 0.0696. The minimum atomic E-state index is -0.840. The van der Waals surface area contributed by atoms with Crippen molar-refractivity contribution in [3.05, 3.63) is 0 Å². The molecule has 0 aromatic heterocycles. The van der Waals surface area contributed by atoms with Gasteiger partial charge in [0.2, 0.25) is 0 Å². The molecule has 0 fully saturated rings. The van der Waals surface area contributed by atoms with E-state index in [1.807, 2.05) is 6.92 Å². The lowest BCUT2D eigenvalue weighted by atomic mass is 10.0. The van der Waals surface area contributed by atoms with E-state index in [4.69, 9.17) is 5.11 Å². The Kier molecular flexibility index (Phi) is 8.63. The van der Waals surface area contributed by atoms with E-state index in [0.29, 0.717) is 13.0 Å². The van der Waals surface area contributed by atoms with Crippen molar-refractivity contribution in [2.24, 2.45) is 0 Å². The third-order valence-corrected chi connectivity index (χ3v) is 5.05. The molecule has 0 rings (SSSR count). The van der Waals surface area contributed by atoms with Crippen LogP contribution >= 0.6 is 11.8 Å². The van der Waals surface area contributed by atoms with Crippen molar-refractivity contribution in [1.82, 2.24) is 10.6 Å². The van der Waals surface area contributed by atoms with E-state index in [2.05, 4.69) is 30.7 Å². The van der Waals surface area contributed by atoms with Gasteiger partial charge in [-0.2, -0.15) is 11.8 Å². The van der Waals surface area contributed by atoms with Gasteiger partial charge in [-0.1, -0.05) is 13.8 Å². The smallest absolute Gasteiger partial charge is 0.315 e. The number of aliphatic carboxylic acids is 1. The fraction of sp³-hybridized carbons (Fsp3) is 0.846. The van der Waals surface area contributed by atoms with Crippen LogP contribution in [0, 0.1) is 0 Å². The van der Waals surface area contributed by atoms with E-state index in [-0.39, 0.29) is 23.2 Å². The van der Waals surface area contributed by atoms with Crippen LogP contribution in [-0.2, 0) is 4.79 Å². The van der Waals surface area contributed by atoms with Crippen LogP contribution in [0.1, 0.15) is 46.5 Å². The summed E-state index contributed by atoms with van der Waals surface area (Å²) in [6, 6.07) is -0.360. The van der Waals surface area contributed by atoms with Crippen molar-refractivity contribution in [2.45, 2.75) is 57.2 Å². The van der Waals surface area contributed by atoms with Crippen molar-refractivity contribution < 1.29 is 14.7 Å². The number of hydrogen-bond donors (Lipinski definition) is 3. The molecule has 0 radical (unpaired) electrons. The fourth-order valence-electron chi connectivity index (χ4n) is 1.79. The van der Waals surface area contributed by atoms with E-state index in [1.54, 1.807) is 11.8 Å². The molecule has 0 bridgehead atoms. The van der Waals surface area contributed by atoms with E-state index in [9.17, 15) is 9.59 Å². The average Bonchev–Trinajstić information content (AvgIpc) is 2.38. The molecule has 0 aromatic carbocycles. The number of amides is 2. The lowest BCUT2D eigenvalue weighted by molar-refractivity contribution is -0.137. The highest BCUT2D eigenvalue weighted by atomic mass is 32.2. The first-order valence-electron chi connectivity index (χ1n) is 6.70. The second-order valence-corrected chi connectivity index (χ2v) is 6.03. The summed E-state index contributed by atoms with van der Waals surface area (Å²) < 4.78 is 0.0850. The topological polar surface area (TPSA) is 78.4 Å². The third kappa shape index (κ3) is 7.30. The number of rotatable bonds is 9. The summed E-state index contributed by atoms with van der Waals surface area (Å²) in [6.45, 7) is 6.67. The molecule has 5 nitrogen and oxygen atoms in total. The Morgan fingerprint density at radius 1 is 1.32 bits per heavy atom. The van der Waals surface area contributed by atoms with Gasteiger partial charge in [-0.05, 0) is 32.4 Å². The van der Waals surface area contributed by atoms with Crippen molar-refractivity contribution in [2.75, 3.05) is 12.8 Å². The first-order chi connectivity index (χ1) is 8.89. The molecule has 0 spiro atoms. The molecule has 0 aliphatic carbocycles. The Hall–Kier alpha value is -0.910. The summed E-state index contributed by atoms with van der Waals surface area (Å²) in [4.78, 5) is 22.1. The Balaban J connectivity index is 4.07. The monoisotopic (exact) mass is 290 g/mol. The number of carbonyl (C=O) groups is 2. The largest absolute Gasteiger partial charge is 0.481 e. The maximum absolute atomic E-state index is 11.7. The SMILES string of the molecule is CCC(CC)(CNC(=O)NC(C)CCC(=O)O)SC. The van der Waals surface area contributed by atoms with Gasteiger partial charge < -0.3 is 15.7 Å². The summed E-state index contributed by atoms with van der Waals surface area (Å²) in [6.07, 6.45) is 4.57. The van der Waals surface area contributed by atoms with E-state index in [0.717, 1.165) is 12.8 Å². The summed E-state index contributed by atoms with van der Waals surface area (Å²) in [5, 5.41) is 14.2. The number of carbonyl (C=O) groups excluding carboxylic acids is 1. The summed E-state index contributed by atoms with van der Waals surface area (Å²) >= 11 is 1.77. The van der Waals surface area contributed by atoms with Gasteiger partial charge in [0.25, 0.3) is 0 Å². The predicted molar refractivity (Wildman–Crippen MR) is 79.7 cm³/mol.